The smallest absolute Gasteiger partial charge is 0.234 e. The SMILES string of the molecule is O=C(CN1CCC[C@@H]2CCCC[C@@H]21)NCCc1ccccc1. The van der Waals surface area contributed by atoms with E-state index in [9.17, 15) is 4.79 Å². The number of amides is 1. The number of nitrogens with zero attached hydrogens (tertiary/aromatic N) is 1. The number of hydrogen-bond acceptors (Lipinski definition) is 2. The maximum atomic E-state index is 12.2. The molecule has 1 saturated heterocycles. The summed E-state index contributed by atoms with van der Waals surface area (Å²) in [6, 6.07) is 11.0. The first kappa shape index (κ1) is 15.5. The van der Waals surface area contributed by atoms with E-state index in [0.29, 0.717) is 12.6 Å². The average molecular weight is 300 g/mol. The van der Waals surface area contributed by atoms with E-state index in [2.05, 4.69) is 22.3 Å². The summed E-state index contributed by atoms with van der Waals surface area (Å²) in [5, 5.41) is 3.09. The van der Waals surface area contributed by atoms with Crippen molar-refractivity contribution in [3.8, 4) is 0 Å². The predicted molar refractivity (Wildman–Crippen MR) is 89.7 cm³/mol. The fourth-order valence-electron chi connectivity index (χ4n) is 4.16. The van der Waals surface area contributed by atoms with Crippen molar-refractivity contribution in [1.29, 1.82) is 0 Å². The van der Waals surface area contributed by atoms with Gasteiger partial charge in [0.05, 0.1) is 6.54 Å². The molecule has 2 fully saturated rings. The van der Waals surface area contributed by atoms with Gasteiger partial charge in [0.2, 0.25) is 5.91 Å². The molecule has 1 heterocycles. The normalized spacial score (nSPS) is 25.5. The third-order valence-corrected chi connectivity index (χ3v) is 5.28. The van der Waals surface area contributed by atoms with Gasteiger partial charge in [0, 0.05) is 12.6 Å². The minimum Gasteiger partial charge on any atom is -0.355 e. The van der Waals surface area contributed by atoms with E-state index >= 15 is 0 Å². The Morgan fingerprint density at radius 1 is 1.09 bits per heavy atom. The molecule has 120 valence electrons. The summed E-state index contributed by atoms with van der Waals surface area (Å²) in [5.74, 6) is 1.04. The summed E-state index contributed by atoms with van der Waals surface area (Å²) < 4.78 is 0. The van der Waals surface area contributed by atoms with Gasteiger partial charge in [-0.05, 0) is 50.1 Å². The van der Waals surface area contributed by atoms with Crippen molar-refractivity contribution in [2.45, 2.75) is 51.0 Å². The maximum absolute atomic E-state index is 12.2. The van der Waals surface area contributed by atoms with Crippen LogP contribution in [0.4, 0.5) is 0 Å². The molecular weight excluding hydrogens is 272 g/mol. The van der Waals surface area contributed by atoms with Gasteiger partial charge in [-0.2, -0.15) is 0 Å². The molecule has 1 aliphatic carbocycles. The number of nitrogens with one attached hydrogen (secondary N) is 1. The lowest BCUT2D eigenvalue weighted by molar-refractivity contribution is -0.123. The Labute approximate surface area is 134 Å². The Kier molecular flexibility index (Phi) is 5.49. The van der Waals surface area contributed by atoms with Crippen molar-refractivity contribution >= 4 is 5.91 Å². The minimum atomic E-state index is 0.196. The lowest BCUT2D eigenvalue weighted by atomic mass is 9.78. The van der Waals surface area contributed by atoms with Gasteiger partial charge in [-0.3, -0.25) is 9.69 Å². The highest BCUT2D eigenvalue weighted by Crippen LogP contribution is 2.34. The fourth-order valence-corrected chi connectivity index (χ4v) is 4.16. The number of carbonyl (C=O) groups is 1. The average Bonchev–Trinajstić information content (AvgIpc) is 2.56. The monoisotopic (exact) mass is 300 g/mol. The molecule has 3 heteroatoms. The Hall–Kier alpha value is -1.35. The second-order valence-corrected chi connectivity index (χ2v) is 6.81. The predicted octanol–water partition coefficient (Wildman–Crippen LogP) is 3.00. The van der Waals surface area contributed by atoms with Crippen LogP contribution in [0.25, 0.3) is 0 Å². The van der Waals surface area contributed by atoms with Crippen molar-refractivity contribution in [2.75, 3.05) is 19.6 Å². The molecule has 0 unspecified atom stereocenters. The van der Waals surface area contributed by atoms with Crippen LogP contribution in [0.15, 0.2) is 30.3 Å². The zero-order valence-corrected chi connectivity index (χ0v) is 13.5. The highest BCUT2D eigenvalue weighted by molar-refractivity contribution is 5.78. The summed E-state index contributed by atoms with van der Waals surface area (Å²) in [5.41, 5.74) is 1.29. The van der Waals surface area contributed by atoms with Crippen molar-refractivity contribution in [1.82, 2.24) is 10.2 Å². The first-order chi connectivity index (χ1) is 10.8. The van der Waals surface area contributed by atoms with Gasteiger partial charge in [0.1, 0.15) is 0 Å². The van der Waals surface area contributed by atoms with Crippen molar-refractivity contribution < 1.29 is 4.79 Å². The summed E-state index contributed by atoms with van der Waals surface area (Å²) >= 11 is 0. The second-order valence-electron chi connectivity index (χ2n) is 6.81. The topological polar surface area (TPSA) is 32.3 Å². The Morgan fingerprint density at radius 2 is 1.86 bits per heavy atom. The molecule has 0 bridgehead atoms. The van der Waals surface area contributed by atoms with Gasteiger partial charge in [-0.25, -0.2) is 0 Å². The van der Waals surface area contributed by atoms with Crippen LogP contribution in [0.1, 0.15) is 44.1 Å². The number of rotatable bonds is 5. The van der Waals surface area contributed by atoms with Gasteiger partial charge in [0.15, 0.2) is 0 Å². The van der Waals surface area contributed by atoms with Crippen LogP contribution in [0.3, 0.4) is 0 Å². The lowest BCUT2D eigenvalue weighted by Gasteiger charge is -2.43. The summed E-state index contributed by atoms with van der Waals surface area (Å²) in [6.07, 6.45) is 8.94. The molecule has 0 spiro atoms. The molecule has 2 aliphatic rings. The number of carbonyl (C=O) groups excluding carboxylic acids is 1. The molecule has 1 N–H and O–H groups in total. The molecule has 2 atom stereocenters. The number of likely N-dealkylation sites (tertiary alicyclic amines) is 1. The fraction of sp³-hybridized carbons (Fsp3) is 0.632. The molecule has 0 radical (unpaired) electrons. The van der Waals surface area contributed by atoms with Gasteiger partial charge in [-0.15, -0.1) is 0 Å². The van der Waals surface area contributed by atoms with Gasteiger partial charge < -0.3 is 5.32 Å². The molecule has 3 nitrogen and oxygen atoms in total. The van der Waals surface area contributed by atoms with Crippen LogP contribution in [0.2, 0.25) is 0 Å². The van der Waals surface area contributed by atoms with Crippen LogP contribution >= 0.6 is 0 Å². The van der Waals surface area contributed by atoms with Crippen LogP contribution < -0.4 is 5.32 Å². The quantitative estimate of drug-likeness (QED) is 0.906. The largest absolute Gasteiger partial charge is 0.355 e. The van der Waals surface area contributed by atoms with Crippen LogP contribution in [0, 0.1) is 5.92 Å². The van der Waals surface area contributed by atoms with Crippen molar-refractivity contribution in [3.05, 3.63) is 35.9 Å². The van der Waals surface area contributed by atoms with E-state index < -0.39 is 0 Å². The number of benzene rings is 1. The standard InChI is InChI=1S/C19H28N2O/c22-19(20-13-12-16-7-2-1-3-8-16)15-21-14-6-10-17-9-4-5-11-18(17)21/h1-3,7-8,17-18H,4-6,9-15H2,(H,20,22)/t17-,18-/m0/s1. The van der Waals surface area contributed by atoms with E-state index in [1.54, 1.807) is 0 Å². The number of hydrogen-bond donors (Lipinski definition) is 1. The minimum absolute atomic E-state index is 0.196. The highest BCUT2D eigenvalue weighted by Gasteiger charge is 2.33. The van der Waals surface area contributed by atoms with Gasteiger partial charge >= 0.3 is 0 Å². The summed E-state index contributed by atoms with van der Waals surface area (Å²) in [4.78, 5) is 14.7. The van der Waals surface area contributed by atoms with E-state index in [0.717, 1.165) is 25.4 Å². The second kappa shape index (κ2) is 7.77. The molecule has 1 amide bonds. The molecule has 0 aromatic heterocycles. The van der Waals surface area contributed by atoms with Crippen LogP contribution in [0.5, 0.6) is 0 Å². The van der Waals surface area contributed by atoms with Crippen LogP contribution in [-0.2, 0) is 11.2 Å². The Balaban J connectivity index is 1.43. The molecule has 3 rings (SSSR count). The number of piperidine rings is 1. The molecule has 1 aliphatic heterocycles. The lowest BCUT2D eigenvalue weighted by Crippen LogP contribution is -2.50. The van der Waals surface area contributed by atoms with E-state index in [1.807, 2.05) is 18.2 Å². The molecular formula is C19H28N2O. The van der Waals surface area contributed by atoms with Crippen molar-refractivity contribution in [2.24, 2.45) is 5.92 Å². The molecule has 1 saturated carbocycles. The van der Waals surface area contributed by atoms with E-state index in [1.165, 1.54) is 44.1 Å². The van der Waals surface area contributed by atoms with Gasteiger partial charge in [0.25, 0.3) is 0 Å². The highest BCUT2D eigenvalue weighted by atomic mass is 16.2. The zero-order valence-electron chi connectivity index (χ0n) is 13.5. The first-order valence-corrected chi connectivity index (χ1v) is 8.87. The van der Waals surface area contributed by atoms with Gasteiger partial charge in [-0.1, -0.05) is 43.2 Å². The van der Waals surface area contributed by atoms with E-state index in [-0.39, 0.29) is 5.91 Å². The third kappa shape index (κ3) is 4.10. The Bertz CT molecular complexity index is 472. The first-order valence-electron chi connectivity index (χ1n) is 8.87. The van der Waals surface area contributed by atoms with Crippen molar-refractivity contribution in [3.63, 3.8) is 0 Å². The number of fused-ring (bicyclic) bond motifs is 1. The molecule has 1 aromatic carbocycles. The summed E-state index contributed by atoms with van der Waals surface area (Å²) in [7, 11) is 0. The molecule has 22 heavy (non-hydrogen) atoms. The maximum Gasteiger partial charge on any atom is 0.234 e. The van der Waals surface area contributed by atoms with Crippen LogP contribution in [-0.4, -0.2) is 36.5 Å². The molecule has 1 aromatic rings. The zero-order chi connectivity index (χ0) is 15.2. The summed E-state index contributed by atoms with van der Waals surface area (Å²) in [6.45, 7) is 2.44. The third-order valence-electron chi connectivity index (χ3n) is 5.28. The van der Waals surface area contributed by atoms with E-state index in [4.69, 9.17) is 0 Å². The Morgan fingerprint density at radius 3 is 2.73 bits per heavy atom.